The van der Waals surface area contributed by atoms with Crippen LogP contribution in [0, 0.1) is 5.92 Å². The zero-order valence-corrected chi connectivity index (χ0v) is 26.8. The smallest absolute Gasteiger partial charge is 0.312 e. The molecule has 0 aliphatic carbocycles. The van der Waals surface area contributed by atoms with Gasteiger partial charge >= 0.3 is 5.97 Å². The highest BCUT2D eigenvalue weighted by atomic mass is 28.4. The summed E-state index contributed by atoms with van der Waals surface area (Å²) in [5.41, 5.74) is 2.69. The van der Waals surface area contributed by atoms with Crippen LogP contribution >= 0.6 is 0 Å². The third kappa shape index (κ3) is 10.7. The number of aryl methyl sites for hydroxylation is 1. The van der Waals surface area contributed by atoms with E-state index in [9.17, 15) is 4.79 Å². The normalized spacial score (nSPS) is 14.7. The lowest BCUT2D eigenvalue weighted by atomic mass is 9.92. The molecule has 0 amide bonds. The van der Waals surface area contributed by atoms with Crippen molar-refractivity contribution < 1.29 is 18.7 Å². The van der Waals surface area contributed by atoms with Crippen molar-refractivity contribution in [2.24, 2.45) is 5.92 Å². The second kappa shape index (κ2) is 12.9. The first-order valence-electron chi connectivity index (χ1n) is 14.1. The number of carbonyl (C=O) groups is 1. The highest BCUT2D eigenvalue weighted by Crippen LogP contribution is 2.37. The van der Waals surface area contributed by atoms with Crippen LogP contribution in [0.4, 0.5) is 0 Å². The van der Waals surface area contributed by atoms with Gasteiger partial charge in [0.2, 0.25) is 0 Å². The highest BCUT2D eigenvalue weighted by Gasteiger charge is 2.39. The Morgan fingerprint density at radius 3 is 1.82 bits per heavy atom. The van der Waals surface area contributed by atoms with Crippen molar-refractivity contribution in [2.45, 2.75) is 117 Å². The molecule has 0 aliphatic rings. The van der Waals surface area contributed by atoms with Gasteiger partial charge in [-0.25, -0.2) is 0 Å². The first kappa shape index (κ1) is 32.3. The van der Waals surface area contributed by atoms with Gasteiger partial charge in [-0.3, -0.25) is 4.79 Å². The first-order chi connectivity index (χ1) is 17.4. The van der Waals surface area contributed by atoms with Crippen LogP contribution in [0.5, 0.6) is 0 Å². The Balaban J connectivity index is 2.23. The lowest BCUT2D eigenvalue weighted by Crippen LogP contribution is -2.43. The van der Waals surface area contributed by atoms with Gasteiger partial charge < -0.3 is 13.9 Å². The summed E-state index contributed by atoms with van der Waals surface area (Å²) in [6.45, 7) is 23.6. The van der Waals surface area contributed by atoms with Gasteiger partial charge in [-0.15, -0.1) is 0 Å². The molecule has 2 aromatic rings. The minimum Gasteiger partial charge on any atom is -0.460 e. The van der Waals surface area contributed by atoms with Gasteiger partial charge in [0.25, 0.3) is 0 Å². The van der Waals surface area contributed by atoms with Gasteiger partial charge in [-0.2, -0.15) is 0 Å². The van der Waals surface area contributed by atoms with Crippen molar-refractivity contribution in [3.63, 3.8) is 0 Å². The monoisotopic (exact) mass is 540 g/mol. The van der Waals surface area contributed by atoms with Crippen LogP contribution < -0.4 is 0 Å². The topological polar surface area (TPSA) is 44.8 Å². The Morgan fingerprint density at radius 2 is 1.32 bits per heavy atom. The molecule has 2 aromatic carbocycles. The van der Waals surface area contributed by atoms with Crippen LogP contribution in [-0.2, 0) is 25.1 Å². The van der Waals surface area contributed by atoms with Crippen LogP contribution in [0.3, 0.4) is 0 Å². The Kier molecular flexibility index (Phi) is 11.0. The van der Waals surface area contributed by atoms with E-state index in [4.69, 9.17) is 13.9 Å². The zero-order valence-electron chi connectivity index (χ0n) is 25.8. The Morgan fingerprint density at radius 1 is 0.763 bits per heavy atom. The minimum atomic E-state index is -1.93. The maximum absolute atomic E-state index is 13.5. The van der Waals surface area contributed by atoms with E-state index in [2.05, 4.69) is 82.4 Å². The van der Waals surface area contributed by atoms with Crippen molar-refractivity contribution in [1.29, 1.82) is 0 Å². The number of rotatable bonds is 11. The van der Waals surface area contributed by atoms with E-state index in [-0.39, 0.29) is 22.7 Å². The second-order valence-electron chi connectivity index (χ2n) is 13.9. The molecule has 2 rings (SSSR count). The number of hydrogen-bond acceptors (Lipinski definition) is 4. The molecule has 0 saturated carbocycles. The molecule has 0 radical (unpaired) electrons. The van der Waals surface area contributed by atoms with E-state index >= 15 is 0 Å². The predicted octanol–water partition coefficient (Wildman–Crippen LogP) is 8.84. The number of hydrogen-bond donors (Lipinski definition) is 0. The molecular formula is C33H52O4Si. The minimum absolute atomic E-state index is 0.113. The standard InChI is InChI=1S/C33H52O4Si/c1-31(2,3)36-29(22-19-25-17-20-27(21-18-25)26-15-13-12-14-16-26)28(30(34)37-32(4,5)6)23-24-35-38(10,11)33(7,8)9/h12-18,20-21,28-29H,19,22-24H2,1-11H3. The molecule has 38 heavy (non-hydrogen) atoms. The van der Waals surface area contributed by atoms with Gasteiger partial charge in [0.15, 0.2) is 8.32 Å². The number of ether oxygens (including phenoxy) is 2. The SMILES string of the molecule is CC(C)(C)OC(=O)C(CCO[Si](C)(C)C(C)(C)C)C(CCc1ccc(-c2ccccc2)cc1)OC(C)(C)C. The lowest BCUT2D eigenvalue weighted by molar-refractivity contribution is -0.172. The maximum Gasteiger partial charge on any atom is 0.312 e. The Bertz CT molecular complexity index is 993. The molecule has 5 heteroatoms. The second-order valence-corrected chi connectivity index (χ2v) is 18.7. The fraction of sp³-hybridized carbons (Fsp3) is 0.606. The predicted molar refractivity (Wildman–Crippen MR) is 162 cm³/mol. The number of benzene rings is 2. The van der Waals surface area contributed by atoms with Crippen molar-refractivity contribution >= 4 is 14.3 Å². The van der Waals surface area contributed by atoms with Crippen molar-refractivity contribution in [1.82, 2.24) is 0 Å². The Hall–Kier alpha value is -1.95. The number of esters is 1. The van der Waals surface area contributed by atoms with E-state index in [0.29, 0.717) is 13.0 Å². The summed E-state index contributed by atoms with van der Waals surface area (Å²) in [7, 11) is -1.93. The third-order valence-corrected chi connectivity index (χ3v) is 11.7. The Labute approximate surface area is 233 Å². The van der Waals surface area contributed by atoms with E-state index in [1.807, 2.05) is 47.6 Å². The van der Waals surface area contributed by atoms with E-state index in [1.165, 1.54) is 16.7 Å². The van der Waals surface area contributed by atoms with Crippen molar-refractivity contribution in [2.75, 3.05) is 6.61 Å². The lowest BCUT2D eigenvalue weighted by Gasteiger charge is -2.37. The van der Waals surface area contributed by atoms with Gasteiger partial charge in [0, 0.05) is 6.61 Å². The maximum atomic E-state index is 13.5. The molecule has 0 spiro atoms. The molecule has 2 unspecified atom stereocenters. The summed E-state index contributed by atoms with van der Waals surface area (Å²) >= 11 is 0. The van der Waals surface area contributed by atoms with Crippen LogP contribution in [-0.4, -0.2) is 38.2 Å². The van der Waals surface area contributed by atoms with Crippen LogP contribution in [0.2, 0.25) is 18.1 Å². The molecule has 0 heterocycles. The van der Waals surface area contributed by atoms with Gasteiger partial charge in [0.05, 0.1) is 17.6 Å². The molecule has 0 saturated heterocycles. The van der Waals surface area contributed by atoms with Gasteiger partial charge in [0.1, 0.15) is 5.60 Å². The fourth-order valence-corrected chi connectivity index (χ4v) is 5.15. The summed E-state index contributed by atoms with van der Waals surface area (Å²) < 4.78 is 18.9. The summed E-state index contributed by atoms with van der Waals surface area (Å²) in [5.74, 6) is -0.605. The molecule has 0 bridgehead atoms. The molecule has 0 aromatic heterocycles. The summed E-state index contributed by atoms with van der Waals surface area (Å²) in [6.07, 6.45) is 1.85. The third-order valence-electron chi connectivity index (χ3n) is 7.14. The molecule has 212 valence electrons. The molecule has 0 N–H and O–H groups in total. The fourth-order valence-electron chi connectivity index (χ4n) is 4.09. The van der Waals surface area contributed by atoms with Gasteiger partial charge in [-0.1, -0.05) is 75.4 Å². The first-order valence-corrected chi connectivity index (χ1v) is 17.0. The van der Waals surface area contributed by atoms with Gasteiger partial charge in [-0.05, 0) is 95.6 Å². The summed E-state index contributed by atoms with van der Waals surface area (Å²) in [6, 6.07) is 19.1. The molecular weight excluding hydrogens is 488 g/mol. The van der Waals surface area contributed by atoms with E-state index in [1.54, 1.807) is 0 Å². The molecule has 2 atom stereocenters. The van der Waals surface area contributed by atoms with Crippen molar-refractivity contribution in [3.8, 4) is 11.1 Å². The largest absolute Gasteiger partial charge is 0.460 e. The van der Waals surface area contributed by atoms with Crippen LogP contribution in [0.1, 0.15) is 80.7 Å². The van der Waals surface area contributed by atoms with E-state index < -0.39 is 19.8 Å². The molecule has 0 aliphatic heterocycles. The molecule has 0 fully saturated rings. The molecule has 4 nitrogen and oxygen atoms in total. The van der Waals surface area contributed by atoms with Crippen molar-refractivity contribution in [3.05, 3.63) is 60.2 Å². The zero-order chi connectivity index (χ0) is 28.8. The highest BCUT2D eigenvalue weighted by molar-refractivity contribution is 6.74. The summed E-state index contributed by atoms with van der Waals surface area (Å²) in [4.78, 5) is 13.5. The average molecular weight is 541 g/mol. The van der Waals surface area contributed by atoms with Crippen LogP contribution in [0.25, 0.3) is 11.1 Å². The summed E-state index contributed by atoms with van der Waals surface area (Å²) in [5, 5.41) is 0.113. The van der Waals surface area contributed by atoms with Crippen LogP contribution in [0.15, 0.2) is 54.6 Å². The number of carbonyl (C=O) groups excluding carboxylic acids is 1. The van der Waals surface area contributed by atoms with E-state index in [0.717, 1.165) is 12.8 Å². The average Bonchev–Trinajstić information content (AvgIpc) is 2.78. The quantitative estimate of drug-likeness (QED) is 0.211.